The number of carbonyl (C=O) groups excluding carboxylic acids is 2. The monoisotopic (exact) mass is 604 g/mol. The fourth-order valence-electron chi connectivity index (χ4n) is 5.62. The first-order valence-electron chi connectivity index (χ1n) is 15.4. The van der Waals surface area contributed by atoms with Crippen LogP contribution in [-0.4, -0.2) is 58.6 Å². The number of hydrogen-bond donors (Lipinski definition) is 3. The van der Waals surface area contributed by atoms with Crippen LogP contribution in [0.4, 0.5) is 14.6 Å². The number of anilines is 1. The number of pyridine rings is 1. The SMILES string of the molecule is CCCN(CCC)C(=O)c1cc(C)cc(C(=O)N[C@@H](CC2C=C(F)C=C(F)C2)[C@H](O)CCNc2ccc3ccccc3n2)c1. The molecule has 0 fully saturated rings. The molecule has 3 aromatic rings. The van der Waals surface area contributed by atoms with Gasteiger partial charge in [-0.2, -0.15) is 0 Å². The normalized spacial score (nSPS) is 16.1. The van der Waals surface area contributed by atoms with Gasteiger partial charge < -0.3 is 20.6 Å². The highest BCUT2D eigenvalue weighted by molar-refractivity contribution is 6.00. The Balaban J connectivity index is 1.49. The molecule has 0 bridgehead atoms. The highest BCUT2D eigenvalue weighted by Crippen LogP contribution is 2.29. The van der Waals surface area contributed by atoms with Crippen molar-refractivity contribution in [1.82, 2.24) is 15.2 Å². The molecule has 1 aliphatic rings. The fraction of sp³-hybridized carbons (Fsp3) is 0.400. The number of aryl methyl sites for hydroxylation is 1. The van der Waals surface area contributed by atoms with Crippen LogP contribution < -0.4 is 10.6 Å². The summed E-state index contributed by atoms with van der Waals surface area (Å²) in [7, 11) is 0. The largest absolute Gasteiger partial charge is 0.391 e. The van der Waals surface area contributed by atoms with Gasteiger partial charge in [-0.25, -0.2) is 13.8 Å². The number of carbonyl (C=O) groups is 2. The first kappa shape index (κ1) is 32.8. The summed E-state index contributed by atoms with van der Waals surface area (Å²) in [5.74, 6) is -1.75. The standard InChI is InChI=1S/C35H42F2N4O3/c1-4-14-41(15-5-2)35(44)27-17-23(3)16-26(21-27)34(43)40-31(20-24-18-28(36)22-29(37)19-24)32(42)12-13-38-33-11-10-25-8-6-7-9-30(25)39-33/h6-11,16-18,21-22,24,31-32,42H,4-5,12-15,19-20H2,1-3H3,(H,38,39)(H,40,43)/t24?,31-,32+/m0/s1. The lowest BCUT2D eigenvalue weighted by atomic mass is 9.89. The van der Waals surface area contributed by atoms with Crippen molar-refractivity contribution in [3.8, 4) is 0 Å². The quantitative estimate of drug-likeness (QED) is 0.186. The second-order valence-electron chi connectivity index (χ2n) is 11.5. The van der Waals surface area contributed by atoms with Crippen LogP contribution >= 0.6 is 0 Å². The van der Waals surface area contributed by atoms with Gasteiger partial charge in [0, 0.05) is 48.6 Å². The smallest absolute Gasteiger partial charge is 0.253 e. The van der Waals surface area contributed by atoms with E-state index in [2.05, 4.69) is 15.6 Å². The molecule has 4 rings (SSSR count). The number of para-hydroxylation sites is 1. The Morgan fingerprint density at radius 1 is 1.05 bits per heavy atom. The van der Waals surface area contributed by atoms with Crippen molar-refractivity contribution < 1.29 is 23.5 Å². The zero-order valence-electron chi connectivity index (χ0n) is 25.7. The van der Waals surface area contributed by atoms with Crippen molar-refractivity contribution in [3.63, 3.8) is 0 Å². The summed E-state index contributed by atoms with van der Waals surface area (Å²) < 4.78 is 28.1. The average Bonchev–Trinajstić information content (AvgIpc) is 2.99. The highest BCUT2D eigenvalue weighted by Gasteiger charge is 2.28. The van der Waals surface area contributed by atoms with Crippen LogP contribution in [0, 0.1) is 12.8 Å². The molecule has 1 aliphatic carbocycles. The topological polar surface area (TPSA) is 94.6 Å². The van der Waals surface area contributed by atoms with Crippen LogP contribution in [0.5, 0.6) is 0 Å². The molecular formula is C35H42F2N4O3. The minimum atomic E-state index is -1.02. The van der Waals surface area contributed by atoms with Gasteiger partial charge in [-0.05, 0) is 86.6 Å². The fourth-order valence-corrected chi connectivity index (χ4v) is 5.62. The molecule has 1 unspecified atom stereocenters. The van der Waals surface area contributed by atoms with E-state index in [-0.39, 0.29) is 30.7 Å². The van der Waals surface area contributed by atoms with Crippen molar-refractivity contribution in [3.05, 3.63) is 95.1 Å². The Labute approximate surface area is 258 Å². The molecular weight excluding hydrogens is 562 g/mol. The molecule has 3 atom stereocenters. The third kappa shape index (κ3) is 8.95. The average molecular weight is 605 g/mol. The lowest BCUT2D eigenvalue weighted by molar-refractivity contribution is 0.0755. The molecule has 3 N–H and O–H groups in total. The molecule has 234 valence electrons. The van der Waals surface area contributed by atoms with Gasteiger partial charge in [0.15, 0.2) is 0 Å². The van der Waals surface area contributed by atoms with Gasteiger partial charge in [0.1, 0.15) is 17.5 Å². The lowest BCUT2D eigenvalue weighted by Crippen LogP contribution is -2.45. The van der Waals surface area contributed by atoms with Crippen LogP contribution in [0.1, 0.15) is 72.2 Å². The number of nitrogens with one attached hydrogen (secondary N) is 2. The van der Waals surface area contributed by atoms with E-state index in [9.17, 15) is 23.5 Å². The van der Waals surface area contributed by atoms with E-state index < -0.39 is 35.6 Å². The summed E-state index contributed by atoms with van der Waals surface area (Å²) in [5, 5.41) is 18.4. The van der Waals surface area contributed by atoms with Crippen LogP contribution in [0.15, 0.2) is 78.4 Å². The molecule has 44 heavy (non-hydrogen) atoms. The number of halogens is 2. The number of amides is 2. The minimum Gasteiger partial charge on any atom is -0.391 e. The van der Waals surface area contributed by atoms with Crippen molar-refractivity contribution in [2.45, 2.75) is 65.0 Å². The summed E-state index contributed by atoms with van der Waals surface area (Å²) in [6.45, 7) is 7.45. The zero-order chi connectivity index (χ0) is 31.6. The second-order valence-corrected chi connectivity index (χ2v) is 11.5. The predicted molar refractivity (Wildman–Crippen MR) is 171 cm³/mol. The molecule has 0 saturated heterocycles. The number of fused-ring (bicyclic) bond motifs is 1. The first-order chi connectivity index (χ1) is 21.2. The number of rotatable bonds is 14. The molecule has 7 nitrogen and oxygen atoms in total. The van der Waals surface area contributed by atoms with Crippen molar-refractivity contribution in [2.24, 2.45) is 5.92 Å². The van der Waals surface area contributed by atoms with E-state index in [1.54, 1.807) is 23.1 Å². The summed E-state index contributed by atoms with van der Waals surface area (Å²) in [6, 6.07) is 15.8. The van der Waals surface area contributed by atoms with E-state index in [0.29, 0.717) is 31.0 Å². The number of aromatic nitrogens is 1. The van der Waals surface area contributed by atoms with E-state index in [1.807, 2.05) is 57.2 Å². The molecule has 2 amide bonds. The van der Waals surface area contributed by atoms with Gasteiger partial charge in [-0.15, -0.1) is 0 Å². The van der Waals surface area contributed by atoms with Gasteiger partial charge in [0.25, 0.3) is 11.8 Å². The Kier molecular flexibility index (Phi) is 11.6. The van der Waals surface area contributed by atoms with Crippen molar-refractivity contribution in [1.29, 1.82) is 0 Å². The number of hydrogen-bond acceptors (Lipinski definition) is 5. The number of benzene rings is 2. The van der Waals surface area contributed by atoms with Crippen molar-refractivity contribution in [2.75, 3.05) is 25.0 Å². The van der Waals surface area contributed by atoms with E-state index >= 15 is 0 Å². The third-order valence-electron chi connectivity index (χ3n) is 7.69. The van der Waals surface area contributed by atoms with Gasteiger partial charge in [-0.3, -0.25) is 9.59 Å². The molecule has 0 saturated carbocycles. The summed E-state index contributed by atoms with van der Waals surface area (Å²) >= 11 is 0. The molecule has 0 spiro atoms. The second kappa shape index (κ2) is 15.6. The van der Waals surface area contributed by atoms with E-state index in [4.69, 9.17) is 0 Å². The zero-order valence-corrected chi connectivity index (χ0v) is 25.7. The highest BCUT2D eigenvalue weighted by atomic mass is 19.1. The maximum absolute atomic E-state index is 14.1. The molecule has 0 radical (unpaired) electrons. The Morgan fingerprint density at radius 3 is 2.50 bits per heavy atom. The maximum atomic E-state index is 14.1. The summed E-state index contributed by atoms with van der Waals surface area (Å²) in [5.41, 5.74) is 2.30. The molecule has 2 aromatic carbocycles. The molecule has 1 heterocycles. The summed E-state index contributed by atoms with van der Waals surface area (Å²) in [6.07, 6.45) is 3.17. The Bertz CT molecular complexity index is 1520. The van der Waals surface area contributed by atoms with Crippen molar-refractivity contribution >= 4 is 28.5 Å². The lowest BCUT2D eigenvalue weighted by Gasteiger charge is -2.28. The number of aliphatic hydroxyl groups is 1. The third-order valence-corrected chi connectivity index (χ3v) is 7.69. The Hall–Kier alpha value is -4.11. The Morgan fingerprint density at radius 2 is 1.77 bits per heavy atom. The van der Waals surface area contributed by atoms with Crippen LogP contribution in [0.2, 0.25) is 0 Å². The number of allylic oxidation sites excluding steroid dienone is 4. The van der Waals surface area contributed by atoms with E-state index in [0.717, 1.165) is 35.4 Å². The summed E-state index contributed by atoms with van der Waals surface area (Å²) in [4.78, 5) is 33.2. The van der Waals surface area contributed by atoms with Gasteiger partial charge in [-0.1, -0.05) is 32.0 Å². The molecule has 9 heteroatoms. The maximum Gasteiger partial charge on any atom is 0.253 e. The van der Waals surface area contributed by atoms with E-state index in [1.165, 1.54) is 6.08 Å². The predicted octanol–water partition coefficient (Wildman–Crippen LogP) is 6.88. The van der Waals surface area contributed by atoms with Crippen LogP contribution in [0.3, 0.4) is 0 Å². The number of aliphatic hydroxyl groups excluding tert-OH is 1. The van der Waals surface area contributed by atoms with Crippen LogP contribution in [0.25, 0.3) is 10.9 Å². The van der Waals surface area contributed by atoms with Gasteiger partial charge >= 0.3 is 0 Å². The number of nitrogens with zero attached hydrogens (tertiary/aromatic N) is 2. The first-order valence-corrected chi connectivity index (χ1v) is 15.4. The molecule has 0 aliphatic heterocycles. The minimum absolute atomic E-state index is 0.0143. The van der Waals surface area contributed by atoms with Gasteiger partial charge in [0.05, 0.1) is 17.7 Å². The van der Waals surface area contributed by atoms with Gasteiger partial charge in [0.2, 0.25) is 0 Å². The molecule has 1 aromatic heterocycles. The van der Waals surface area contributed by atoms with Crippen LogP contribution in [-0.2, 0) is 0 Å².